The molecule has 0 aliphatic rings. The zero-order valence-corrected chi connectivity index (χ0v) is 28.9. The van der Waals surface area contributed by atoms with E-state index < -0.39 is 0 Å². The summed E-state index contributed by atoms with van der Waals surface area (Å²) >= 11 is 0. The lowest BCUT2D eigenvalue weighted by Crippen LogP contribution is -2.15. The standard InChI is InChI=1S/C36H66O9/c1-4-6-7-8-9-10-11-12-35-13-15-36(16-14-35)45-32-31-43-28-27-41-24-23-39-20-19-37-17-18-38-21-22-40-25-26-42-29-30-44-33-34(3)5-2/h13-16,34H,4-12,17-33H2,1-3H3. The molecule has 1 unspecified atom stereocenters. The van der Waals surface area contributed by atoms with Crippen LogP contribution >= 0.6 is 0 Å². The second-order valence-corrected chi connectivity index (χ2v) is 11.2. The zero-order chi connectivity index (χ0) is 32.3. The van der Waals surface area contributed by atoms with Crippen LogP contribution in [-0.2, 0) is 44.3 Å². The Morgan fingerprint density at radius 2 is 0.822 bits per heavy atom. The van der Waals surface area contributed by atoms with E-state index in [0.29, 0.717) is 112 Å². The molecule has 1 aromatic carbocycles. The number of benzene rings is 1. The predicted octanol–water partition coefficient (Wildman–Crippen LogP) is 6.54. The zero-order valence-electron chi connectivity index (χ0n) is 28.9. The summed E-state index contributed by atoms with van der Waals surface area (Å²) < 4.78 is 49.9. The summed E-state index contributed by atoms with van der Waals surface area (Å²) in [5.41, 5.74) is 1.38. The van der Waals surface area contributed by atoms with Crippen molar-refractivity contribution in [3.05, 3.63) is 29.8 Å². The van der Waals surface area contributed by atoms with Crippen LogP contribution in [0.2, 0.25) is 0 Å². The number of hydrogen-bond donors (Lipinski definition) is 0. The van der Waals surface area contributed by atoms with Gasteiger partial charge < -0.3 is 42.6 Å². The number of hydrogen-bond acceptors (Lipinski definition) is 9. The van der Waals surface area contributed by atoms with Gasteiger partial charge in [0, 0.05) is 6.61 Å². The minimum absolute atomic E-state index is 0.531. The molecule has 0 saturated carbocycles. The van der Waals surface area contributed by atoms with E-state index in [1.165, 1.54) is 50.5 Å². The fourth-order valence-electron chi connectivity index (χ4n) is 4.20. The van der Waals surface area contributed by atoms with E-state index in [1.807, 2.05) is 0 Å². The minimum atomic E-state index is 0.531. The Bertz CT molecular complexity index is 704. The van der Waals surface area contributed by atoms with Gasteiger partial charge in [-0.25, -0.2) is 0 Å². The van der Waals surface area contributed by atoms with Crippen LogP contribution in [0.15, 0.2) is 24.3 Å². The second-order valence-electron chi connectivity index (χ2n) is 11.2. The fourth-order valence-corrected chi connectivity index (χ4v) is 4.20. The summed E-state index contributed by atoms with van der Waals surface area (Å²) in [5, 5.41) is 0. The van der Waals surface area contributed by atoms with Crippen molar-refractivity contribution in [2.45, 2.75) is 78.6 Å². The Morgan fingerprint density at radius 1 is 0.444 bits per heavy atom. The summed E-state index contributed by atoms with van der Waals surface area (Å²) in [6, 6.07) is 8.47. The normalized spacial score (nSPS) is 12.2. The molecule has 0 aliphatic heterocycles. The van der Waals surface area contributed by atoms with E-state index >= 15 is 0 Å². The molecule has 264 valence electrons. The molecule has 0 heterocycles. The molecule has 0 radical (unpaired) electrons. The lowest BCUT2D eigenvalue weighted by molar-refractivity contribution is -0.0243. The Kier molecular flexibility index (Phi) is 31.6. The Hall–Kier alpha value is -1.30. The van der Waals surface area contributed by atoms with E-state index in [9.17, 15) is 0 Å². The number of ether oxygens (including phenoxy) is 9. The quantitative estimate of drug-likeness (QED) is 0.0758. The van der Waals surface area contributed by atoms with Gasteiger partial charge in [0.25, 0.3) is 0 Å². The molecule has 1 aromatic rings. The van der Waals surface area contributed by atoms with E-state index in [-0.39, 0.29) is 0 Å². The van der Waals surface area contributed by atoms with Crippen LogP contribution < -0.4 is 4.74 Å². The van der Waals surface area contributed by atoms with Crippen LogP contribution in [0.5, 0.6) is 5.75 Å². The molecule has 0 amide bonds. The fraction of sp³-hybridized carbons (Fsp3) is 0.833. The summed E-state index contributed by atoms with van der Waals surface area (Å²) in [5.74, 6) is 1.49. The summed E-state index contributed by atoms with van der Waals surface area (Å²) in [6.07, 6.45) is 11.7. The van der Waals surface area contributed by atoms with Crippen molar-refractivity contribution in [1.29, 1.82) is 0 Å². The maximum Gasteiger partial charge on any atom is 0.119 e. The van der Waals surface area contributed by atoms with Crippen molar-refractivity contribution < 1.29 is 42.6 Å². The van der Waals surface area contributed by atoms with Crippen LogP contribution in [0.25, 0.3) is 0 Å². The average molecular weight is 643 g/mol. The molecule has 1 rings (SSSR count). The number of unbranched alkanes of at least 4 members (excludes halogenated alkanes) is 6. The first-order chi connectivity index (χ1) is 22.3. The third kappa shape index (κ3) is 29.8. The van der Waals surface area contributed by atoms with Crippen LogP contribution in [-0.4, -0.2) is 112 Å². The highest BCUT2D eigenvalue weighted by molar-refractivity contribution is 5.27. The first-order valence-electron chi connectivity index (χ1n) is 17.6. The SMILES string of the molecule is CCCCCCCCCc1ccc(OCCOCCOCCOCCOCCOCCOCCOCCOCC(C)CC)cc1. The highest BCUT2D eigenvalue weighted by atomic mass is 16.6. The molecule has 0 aliphatic carbocycles. The summed E-state index contributed by atoms with van der Waals surface area (Å²) in [6.45, 7) is 16.2. The van der Waals surface area contributed by atoms with E-state index in [4.69, 9.17) is 42.6 Å². The van der Waals surface area contributed by atoms with Crippen LogP contribution in [0.1, 0.15) is 77.7 Å². The topological polar surface area (TPSA) is 83.1 Å². The summed E-state index contributed by atoms with van der Waals surface area (Å²) in [7, 11) is 0. The lowest BCUT2D eigenvalue weighted by Gasteiger charge is -2.10. The van der Waals surface area contributed by atoms with E-state index in [1.54, 1.807) is 0 Å². The minimum Gasteiger partial charge on any atom is -0.491 e. The molecule has 0 fully saturated rings. The lowest BCUT2D eigenvalue weighted by atomic mass is 10.0. The number of rotatable bonds is 36. The highest BCUT2D eigenvalue weighted by Gasteiger charge is 2.00. The van der Waals surface area contributed by atoms with Gasteiger partial charge in [0.05, 0.1) is 99.1 Å². The molecule has 0 aromatic heterocycles. The molecule has 9 nitrogen and oxygen atoms in total. The third-order valence-corrected chi connectivity index (χ3v) is 7.19. The van der Waals surface area contributed by atoms with E-state index in [2.05, 4.69) is 45.0 Å². The Labute approximate surface area is 274 Å². The molecule has 9 heteroatoms. The van der Waals surface area contributed by atoms with Gasteiger partial charge in [-0.1, -0.05) is 77.8 Å². The molecule has 1 atom stereocenters. The average Bonchev–Trinajstić information content (AvgIpc) is 3.06. The molecular formula is C36H66O9. The Morgan fingerprint density at radius 3 is 1.24 bits per heavy atom. The van der Waals surface area contributed by atoms with Gasteiger partial charge in [-0.3, -0.25) is 0 Å². The first kappa shape index (κ1) is 41.7. The maximum absolute atomic E-state index is 5.78. The van der Waals surface area contributed by atoms with Crippen molar-refractivity contribution in [1.82, 2.24) is 0 Å². The first-order valence-corrected chi connectivity index (χ1v) is 17.6. The smallest absolute Gasteiger partial charge is 0.119 e. The van der Waals surface area contributed by atoms with E-state index in [0.717, 1.165) is 25.2 Å². The van der Waals surface area contributed by atoms with Gasteiger partial charge >= 0.3 is 0 Å². The van der Waals surface area contributed by atoms with Gasteiger partial charge in [-0.15, -0.1) is 0 Å². The molecule has 0 saturated heterocycles. The van der Waals surface area contributed by atoms with Crippen molar-refractivity contribution in [2.24, 2.45) is 5.92 Å². The van der Waals surface area contributed by atoms with Gasteiger partial charge in [-0.2, -0.15) is 0 Å². The maximum atomic E-state index is 5.78. The van der Waals surface area contributed by atoms with Gasteiger partial charge in [0.1, 0.15) is 12.4 Å². The molecule has 0 spiro atoms. The van der Waals surface area contributed by atoms with Gasteiger partial charge in [0.15, 0.2) is 0 Å². The van der Waals surface area contributed by atoms with Crippen LogP contribution in [0, 0.1) is 5.92 Å². The summed E-state index contributed by atoms with van der Waals surface area (Å²) in [4.78, 5) is 0. The van der Waals surface area contributed by atoms with Crippen molar-refractivity contribution in [3.63, 3.8) is 0 Å². The monoisotopic (exact) mass is 642 g/mol. The van der Waals surface area contributed by atoms with Crippen molar-refractivity contribution in [3.8, 4) is 5.75 Å². The third-order valence-electron chi connectivity index (χ3n) is 7.19. The Balaban J connectivity index is 1.73. The van der Waals surface area contributed by atoms with Crippen LogP contribution in [0.3, 0.4) is 0 Å². The second kappa shape index (κ2) is 34.0. The highest BCUT2D eigenvalue weighted by Crippen LogP contribution is 2.15. The molecule has 0 N–H and O–H groups in total. The predicted molar refractivity (Wildman–Crippen MR) is 180 cm³/mol. The molecule has 45 heavy (non-hydrogen) atoms. The molecular weight excluding hydrogens is 576 g/mol. The largest absolute Gasteiger partial charge is 0.491 e. The van der Waals surface area contributed by atoms with Crippen LogP contribution in [0.4, 0.5) is 0 Å². The van der Waals surface area contributed by atoms with Gasteiger partial charge in [-0.05, 0) is 36.5 Å². The van der Waals surface area contributed by atoms with Crippen molar-refractivity contribution in [2.75, 3.05) is 112 Å². The molecule has 0 bridgehead atoms. The van der Waals surface area contributed by atoms with Crippen molar-refractivity contribution >= 4 is 0 Å². The number of aryl methyl sites for hydroxylation is 1. The van der Waals surface area contributed by atoms with Gasteiger partial charge in [0.2, 0.25) is 0 Å².